The SMILES string of the molecule is CCSCc1cccc2c1CCN2. The van der Waals surface area contributed by atoms with E-state index in [9.17, 15) is 0 Å². The molecule has 0 amide bonds. The van der Waals surface area contributed by atoms with Gasteiger partial charge in [-0.05, 0) is 29.4 Å². The normalized spacial score (nSPS) is 13.9. The molecule has 1 aliphatic rings. The van der Waals surface area contributed by atoms with E-state index in [1.165, 1.54) is 29.2 Å². The maximum Gasteiger partial charge on any atom is 0.0376 e. The summed E-state index contributed by atoms with van der Waals surface area (Å²) in [4.78, 5) is 0. The van der Waals surface area contributed by atoms with Crippen LogP contribution in [0.3, 0.4) is 0 Å². The molecule has 1 N–H and O–H groups in total. The van der Waals surface area contributed by atoms with Gasteiger partial charge in [-0.2, -0.15) is 11.8 Å². The van der Waals surface area contributed by atoms with Gasteiger partial charge >= 0.3 is 0 Å². The monoisotopic (exact) mass is 193 g/mol. The lowest BCUT2D eigenvalue weighted by atomic mass is 10.1. The average molecular weight is 193 g/mol. The molecular weight excluding hydrogens is 178 g/mol. The quantitative estimate of drug-likeness (QED) is 0.792. The predicted octanol–water partition coefficient (Wildman–Crippen LogP) is 2.91. The van der Waals surface area contributed by atoms with Gasteiger partial charge in [-0.3, -0.25) is 0 Å². The summed E-state index contributed by atoms with van der Waals surface area (Å²) in [6, 6.07) is 6.60. The van der Waals surface area contributed by atoms with Crippen molar-refractivity contribution in [3.05, 3.63) is 29.3 Å². The van der Waals surface area contributed by atoms with E-state index >= 15 is 0 Å². The molecule has 0 atom stereocenters. The highest BCUT2D eigenvalue weighted by molar-refractivity contribution is 7.98. The summed E-state index contributed by atoms with van der Waals surface area (Å²) in [5, 5.41) is 3.41. The van der Waals surface area contributed by atoms with Crippen molar-refractivity contribution in [1.29, 1.82) is 0 Å². The summed E-state index contributed by atoms with van der Waals surface area (Å²) in [5.41, 5.74) is 4.42. The second kappa shape index (κ2) is 4.05. The van der Waals surface area contributed by atoms with Crippen LogP contribution in [-0.4, -0.2) is 12.3 Å². The van der Waals surface area contributed by atoms with Gasteiger partial charge in [0.2, 0.25) is 0 Å². The Morgan fingerprint density at radius 3 is 3.23 bits per heavy atom. The van der Waals surface area contributed by atoms with E-state index in [-0.39, 0.29) is 0 Å². The molecule has 1 aliphatic heterocycles. The molecule has 0 aromatic heterocycles. The minimum absolute atomic E-state index is 1.11. The van der Waals surface area contributed by atoms with Crippen molar-refractivity contribution < 1.29 is 0 Å². The van der Waals surface area contributed by atoms with Gasteiger partial charge < -0.3 is 5.32 Å². The van der Waals surface area contributed by atoms with Crippen LogP contribution < -0.4 is 5.32 Å². The molecule has 0 spiro atoms. The molecule has 0 saturated carbocycles. The fourth-order valence-electron chi connectivity index (χ4n) is 1.76. The maximum atomic E-state index is 3.41. The first-order valence-electron chi connectivity index (χ1n) is 4.84. The van der Waals surface area contributed by atoms with Gasteiger partial charge in [0, 0.05) is 18.0 Å². The smallest absolute Gasteiger partial charge is 0.0376 e. The summed E-state index contributed by atoms with van der Waals surface area (Å²) >= 11 is 2.00. The molecule has 2 heteroatoms. The highest BCUT2D eigenvalue weighted by atomic mass is 32.2. The molecule has 0 radical (unpaired) electrons. The Kier molecular flexibility index (Phi) is 2.79. The van der Waals surface area contributed by atoms with E-state index in [1.807, 2.05) is 11.8 Å². The fourth-order valence-corrected chi connectivity index (χ4v) is 2.46. The van der Waals surface area contributed by atoms with Crippen LogP contribution in [0.25, 0.3) is 0 Å². The number of hydrogen-bond acceptors (Lipinski definition) is 2. The molecule has 0 unspecified atom stereocenters. The molecule has 13 heavy (non-hydrogen) atoms. The highest BCUT2D eigenvalue weighted by Gasteiger charge is 2.12. The topological polar surface area (TPSA) is 12.0 Å². The Bertz CT molecular complexity index is 296. The molecule has 1 nitrogen and oxygen atoms in total. The Balaban J connectivity index is 2.20. The summed E-state index contributed by atoms with van der Waals surface area (Å²) in [5.74, 6) is 2.37. The third kappa shape index (κ3) is 1.83. The summed E-state index contributed by atoms with van der Waals surface area (Å²) < 4.78 is 0. The molecule has 1 aromatic carbocycles. The standard InChI is InChI=1S/C11H15NS/c1-2-13-8-9-4-3-5-11-10(9)6-7-12-11/h3-5,12H,2,6-8H2,1H3. The van der Waals surface area contributed by atoms with Crippen LogP contribution in [0, 0.1) is 0 Å². The van der Waals surface area contributed by atoms with Gasteiger partial charge in [-0.1, -0.05) is 19.1 Å². The van der Waals surface area contributed by atoms with Crippen molar-refractivity contribution in [3.8, 4) is 0 Å². The van der Waals surface area contributed by atoms with Crippen molar-refractivity contribution in [3.63, 3.8) is 0 Å². The number of thioether (sulfide) groups is 1. The van der Waals surface area contributed by atoms with E-state index in [0.29, 0.717) is 0 Å². The van der Waals surface area contributed by atoms with Crippen LogP contribution in [0.1, 0.15) is 18.1 Å². The first kappa shape index (κ1) is 8.95. The summed E-state index contributed by atoms with van der Waals surface area (Å²) in [6.45, 7) is 3.33. The first-order valence-corrected chi connectivity index (χ1v) is 5.99. The number of nitrogens with one attached hydrogen (secondary N) is 1. The second-order valence-corrected chi connectivity index (χ2v) is 4.53. The van der Waals surface area contributed by atoms with Gasteiger partial charge in [0.25, 0.3) is 0 Å². The molecule has 1 aromatic rings. The predicted molar refractivity (Wildman–Crippen MR) is 60.5 cm³/mol. The third-order valence-corrected chi connectivity index (χ3v) is 3.35. The minimum Gasteiger partial charge on any atom is -0.384 e. The van der Waals surface area contributed by atoms with Gasteiger partial charge in [0.15, 0.2) is 0 Å². The van der Waals surface area contributed by atoms with Crippen LogP contribution >= 0.6 is 11.8 Å². The number of hydrogen-bond donors (Lipinski definition) is 1. The fraction of sp³-hybridized carbons (Fsp3) is 0.455. The van der Waals surface area contributed by atoms with Crippen LogP contribution in [0.4, 0.5) is 5.69 Å². The highest BCUT2D eigenvalue weighted by Crippen LogP contribution is 2.27. The Labute approximate surface area is 83.9 Å². The third-order valence-electron chi connectivity index (χ3n) is 2.43. The number of benzene rings is 1. The van der Waals surface area contributed by atoms with E-state index < -0.39 is 0 Å². The molecule has 2 rings (SSSR count). The Hall–Kier alpha value is -0.630. The maximum absolute atomic E-state index is 3.41. The van der Waals surface area contributed by atoms with Gasteiger partial charge in [0.05, 0.1) is 0 Å². The van der Waals surface area contributed by atoms with Crippen LogP contribution in [-0.2, 0) is 12.2 Å². The van der Waals surface area contributed by atoms with Crippen LogP contribution in [0.15, 0.2) is 18.2 Å². The average Bonchev–Trinajstić information content (AvgIpc) is 2.62. The molecule has 1 heterocycles. The van der Waals surface area contributed by atoms with Crippen molar-refractivity contribution in [1.82, 2.24) is 0 Å². The Morgan fingerprint density at radius 2 is 2.38 bits per heavy atom. The lowest BCUT2D eigenvalue weighted by molar-refractivity contribution is 1.09. The van der Waals surface area contributed by atoms with Crippen molar-refractivity contribution in [2.45, 2.75) is 19.1 Å². The van der Waals surface area contributed by atoms with E-state index in [0.717, 1.165) is 6.54 Å². The molecule has 0 fully saturated rings. The van der Waals surface area contributed by atoms with Gasteiger partial charge in [-0.25, -0.2) is 0 Å². The number of rotatable bonds is 3. The van der Waals surface area contributed by atoms with E-state index in [1.54, 1.807) is 5.56 Å². The summed E-state index contributed by atoms with van der Waals surface area (Å²) in [6.07, 6.45) is 1.20. The summed E-state index contributed by atoms with van der Waals surface area (Å²) in [7, 11) is 0. The van der Waals surface area contributed by atoms with Crippen molar-refractivity contribution in [2.75, 3.05) is 17.6 Å². The van der Waals surface area contributed by atoms with Gasteiger partial charge in [0.1, 0.15) is 0 Å². The largest absolute Gasteiger partial charge is 0.384 e. The van der Waals surface area contributed by atoms with E-state index in [2.05, 4.69) is 30.4 Å². The molecule has 0 saturated heterocycles. The lowest BCUT2D eigenvalue weighted by Crippen LogP contribution is -1.90. The number of fused-ring (bicyclic) bond motifs is 1. The van der Waals surface area contributed by atoms with Gasteiger partial charge in [-0.15, -0.1) is 0 Å². The first-order chi connectivity index (χ1) is 6.42. The zero-order valence-electron chi connectivity index (χ0n) is 7.97. The molecular formula is C11H15NS. The van der Waals surface area contributed by atoms with Crippen molar-refractivity contribution in [2.24, 2.45) is 0 Å². The number of anilines is 1. The molecule has 0 bridgehead atoms. The molecule has 70 valence electrons. The van der Waals surface area contributed by atoms with Crippen LogP contribution in [0.2, 0.25) is 0 Å². The molecule has 0 aliphatic carbocycles. The van der Waals surface area contributed by atoms with Crippen LogP contribution in [0.5, 0.6) is 0 Å². The Morgan fingerprint density at radius 1 is 1.46 bits per heavy atom. The van der Waals surface area contributed by atoms with Crippen molar-refractivity contribution >= 4 is 17.4 Å². The zero-order chi connectivity index (χ0) is 9.10. The second-order valence-electron chi connectivity index (χ2n) is 3.26. The minimum atomic E-state index is 1.11. The zero-order valence-corrected chi connectivity index (χ0v) is 8.79. The van der Waals surface area contributed by atoms with E-state index in [4.69, 9.17) is 0 Å². The lowest BCUT2D eigenvalue weighted by Gasteiger charge is -2.06.